The quantitative estimate of drug-likeness (QED) is 0.737. The van der Waals surface area contributed by atoms with Crippen LogP contribution in [0.1, 0.15) is 6.42 Å². The molecule has 1 aromatic rings. The lowest BCUT2D eigenvalue weighted by Gasteiger charge is -2.40. The van der Waals surface area contributed by atoms with Gasteiger partial charge in [0.1, 0.15) is 11.2 Å². The maximum atomic E-state index is 11.0. The van der Waals surface area contributed by atoms with E-state index in [4.69, 9.17) is 17.3 Å². The third-order valence-electron chi connectivity index (χ3n) is 2.39. The predicted octanol–water partition coefficient (Wildman–Crippen LogP) is 0.799. The molecule has 2 N–H and O–H groups in total. The summed E-state index contributed by atoms with van der Waals surface area (Å²) in [6, 6.07) is 3.37. The first-order valence-electron chi connectivity index (χ1n) is 4.36. The molecule has 74 valence electrons. The van der Waals surface area contributed by atoms with Crippen LogP contribution >= 0.6 is 11.6 Å². The number of nitrogens with zero attached hydrogens (tertiary/aromatic N) is 2. The van der Waals surface area contributed by atoms with Gasteiger partial charge in [-0.1, -0.05) is 11.6 Å². The number of carbonyl (C=O) groups is 1. The normalized spacial score (nSPS) is 20.4. The molecule has 1 unspecified atom stereocenters. The molecule has 4 nitrogen and oxygen atoms in total. The van der Waals surface area contributed by atoms with Gasteiger partial charge in [-0.05, 0) is 18.6 Å². The second-order valence-electron chi connectivity index (χ2n) is 3.24. The first-order chi connectivity index (χ1) is 6.68. The minimum atomic E-state index is -0.288. The number of primary amides is 1. The van der Waals surface area contributed by atoms with Gasteiger partial charge in [-0.3, -0.25) is 4.79 Å². The van der Waals surface area contributed by atoms with Gasteiger partial charge in [0, 0.05) is 18.4 Å². The van der Waals surface area contributed by atoms with Gasteiger partial charge in [0.05, 0.1) is 0 Å². The summed E-state index contributed by atoms with van der Waals surface area (Å²) in [5, 5.41) is 0.428. The van der Waals surface area contributed by atoms with E-state index in [1.54, 1.807) is 12.3 Å². The first-order valence-corrected chi connectivity index (χ1v) is 4.74. The van der Waals surface area contributed by atoms with Crippen molar-refractivity contribution < 1.29 is 4.79 Å². The number of halogens is 1. The van der Waals surface area contributed by atoms with E-state index in [2.05, 4.69) is 4.98 Å². The van der Waals surface area contributed by atoms with Crippen LogP contribution in [0, 0.1) is 0 Å². The van der Waals surface area contributed by atoms with Gasteiger partial charge in [-0.2, -0.15) is 0 Å². The molecule has 2 rings (SSSR count). The van der Waals surface area contributed by atoms with Gasteiger partial charge in [-0.25, -0.2) is 4.98 Å². The third-order valence-corrected chi connectivity index (χ3v) is 2.60. The second-order valence-corrected chi connectivity index (χ2v) is 3.62. The summed E-state index contributed by atoms with van der Waals surface area (Å²) in [5.41, 5.74) is 6.14. The number of rotatable bonds is 2. The zero-order valence-electron chi connectivity index (χ0n) is 7.48. The first kappa shape index (κ1) is 9.27. The second kappa shape index (κ2) is 3.46. The molecule has 0 aromatic carbocycles. The topological polar surface area (TPSA) is 59.2 Å². The molecule has 14 heavy (non-hydrogen) atoms. The predicted molar refractivity (Wildman–Crippen MR) is 54.2 cm³/mol. The zero-order chi connectivity index (χ0) is 10.1. The Morgan fingerprint density at radius 2 is 2.50 bits per heavy atom. The van der Waals surface area contributed by atoms with Crippen LogP contribution in [-0.2, 0) is 4.79 Å². The number of hydrogen-bond acceptors (Lipinski definition) is 3. The fourth-order valence-corrected chi connectivity index (χ4v) is 1.73. The highest BCUT2D eigenvalue weighted by atomic mass is 35.5. The molecule has 1 saturated heterocycles. The van der Waals surface area contributed by atoms with Crippen LogP contribution < -0.4 is 10.6 Å². The van der Waals surface area contributed by atoms with Crippen LogP contribution in [-0.4, -0.2) is 23.5 Å². The number of hydrogen-bond donors (Lipinski definition) is 1. The monoisotopic (exact) mass is 211 g/mol. The summed E-state index contributed by atoms with van der Waals surface area (Å²) in [6.45, 7) is 0.841. The van der Waals surface area contributed by atoms with Crippen LogP contribution in [0.4, 0.5) is 5.69 Å². The van der Waals surface area contributed by atoms with Crippen molar-refractivity contribution in [3.05, 3.63) is 23.5 Å². The summed E-state index contributed by atoms with van der Waals surface area (Å²) in [4.78, 5) is 16.8. The fourth-order valence-electron chi connectivity index (χ4n) is 1.56. The largest absolute Gasteiger partial charge is 0.368 e. The van der Waals surface area contributed by atoms with Gasteiger partial charge < -0.3 is 10.6 Å². The molecular weight excluding hydrogens is 202 g/mol. The molecule has 0 spiro atoms. The number of amides is 1. The van der Waals surface area contributed by atoms with E-state index in [-0.39, 0.29) is 11.9 Å². The van der Waals surface area contributed by atoms with Gasteiger partial charge in [0.25, 0.3) is 0 Å². The van der Waals surface area contributed by atoms with Crippen LogP contribution in [0.3, 0.4) is 0 Å². The summed E-state index contributed by atoms with van der Waals surface area (Å²) in [7, 11) is 0. The van der Waals surface area contributed by atoms with E-state index >= 15 is 0 Å². The number of pyridine rings is 1. The Hall–Kier alpha value is -1.29. The lowest BCUT2D eigenvalue weighted by molar-refractivity contribution is -0.120. The van der Waals surface area contributed by atoms with Gasteiger partial charge in [0.15, 0.2) is 0 Å². The summed E-state index contributed by atoms with van der Waals surface area (Å²) in [5.74, 6) is -0.288. The highest BCUT2D eigenvalue weighted by Gasteiger charge is 2.32. The Bertz CT molecular complexity index is 369. The van der Waals surface area contributed by atoms with E-state index < -0.39 is 0 Å². The van der Waals surface area contributed by atoms with Crippen molar-refractivity contribution in [3.63, 3.8) is 0 Å². The van der Waals surface area contributed by atoms with E-state index in [9.17, 15) is 4.79 Å². The molecule has 1 aliphatic heterocycles. The van der Waals surface area contributed by atoms with Crippen molar-refractivity contribution in [2.45, 2.75) is 12.5 Å². The fraction of sp³-hybridized carbons (Fsp3) is 0.333. The average Bonchev–Trinajstić information content (AvgIpc) is 2.00. The molecule has 1 amide bonds. The molecule has 5 heteroatoms. The maximum absolute atomic E-state index is 11.0. The number of nitrogens with two attached hydrogens (primary N) is 1. The van der Waals surface area contributed by atoms with Crippen molar-refractivity contribution in [1.82, 2.24) is 4.98 Å². The zero-order valence-corrected chi connectivity index (χ0v) is 8.24. The summed E-state index contributed by atoms with van der Waals surface area (Å²) >= 11 is 5.74. The van der Waals surface area contributed by atoms with E-state index in [0.717, 1.165) is 18.7 Å². The Morgan fingerprint density at radius 3 is 3.00 bits per heavy atom. The van der Waals surface area contributed by atoms with Crippen LogP contribution in [0.5, 0.6) is 0 Å². The van der Waals surface area contributed by atoms with E-state index in [1.807, 2.05) is 11.0 Å². The van der Waals surface area contributed by atoms with E-state index in [0.29, 0.717) is 5.15 Å². The number of anilines is 1. The van der Waals surface area contributed by atoms with Gasteiger partial charge >= 0.3 is 0 Å². The van der Waals surface area contributed by atoms with Crippen molar-refractivity contribution in [3.8, 4) is 0 Å². The molecule has 0 radical (unpaired) electrons. The Labute approximate surface area is 86.7 Å². The Morgan fingerprint density at radius 1 is 1.71 bits per heavy atom. The lowest BCUT2D eigenvalue weighted by Crippen LogP contribution is -2.55. The molecule has 1 atom stereocenters. The van der Waals surface area contributed by atoms with Crippen LogP contribution in [0.25, 0.3) is 0 Å². The molecule has 0 bridgehead atoms. The summed E-state index contributed by atoms with van der Waals surface area (Å²) in [6.07, 6.45) is 2.43. The minimum Gasteiger partial charge on any atom is -0.368 e. The molecule has 0 saturated carbocycles. The third kappa shape index (κ3) is 1.53. The molecule has 1 aliphatic rings. The lowest BCUT2D eigenvalue weighted by atomic mass is 10.0. The van der Waals surface area contributed by atoms with Crippen molar-refractivity contribution in [2.75, 3.05) is 11.4 Å². The molecule has 1 aromatic heterocycles. The smallest absolute Gasteiger partial charge is 0.240 e. The number of carbonyl (C=O) groups excluding carboxylic acids is 1. The highest BCUT2D eigenvalue weighted by molar-refractivity contribution is 6.29. The Balaban J connectivity index is 2.20. The van der Waals surface area contributed by atoms with Crippen molar-refractivity contribution in [2.24, 2.45) is 5.73 Å². The molecule has 1 fully saturated rings. The molecule has 0 aliphatic carbocycles. The summed E-state index contributed by atoms with van der Waals surface area (Å²) < 4.78 is 0. The van der Waals surface area contributed by atoms with Crippen LogP contribution in [0.2, 0.25) is 5.15 Å². The number of aromatic nitrogens is 1. The highest BCUT2D eigenvalue weighted by Crippen LogP contribution is 2.27. The van der Waals surface area contributed by atoms with E-state index in [1.165, 1.54) is 0 Å². The standard InChI is InChI=1S/C9H10ClN3O/c10-8-5-6(1-3-12-8)13-4-2-7(13)9(11)14/h1,3,5,7H,2,4H2,(H2,11,14). The van der Waals surface area contributed by atoms with Gasteiger partial charge in [0.2, 0.25) is 5.91 Å². The average molecular weight is 212 g/mol. The molecular formula is C9H10ClN3O. The van der Waals surface area contributed by atoms with Crippen LogP contribution in [0.15, 0.2) is 18.3 Å². The Kier molecular flexibility index (Phi) is 2.29. The molecule has 2 heterocycles. The van der Waals surface area contributed by atoms with Crippen molar-refractivity contribution >= 4 is 23.2 Å². The van der Waals surface area contributed by atoms with Gasteiger partial charge in [-0.15, -0.1) is 0 Å². The maximum Gasteiger partial charge on any atom is 0.240 e. The SMILES string of the molecule is NC(=O)C1CCN1c1ccnc(Cl)c1. The van der Waals surface area contributed by atoms with Crippen molar-refractivity contribution in [1.29, 1.82) is 0 Å². The minimum absolute atomic E-state index is 0.187.